The van der Waals surface area contributed by atoms with Gasteiger partial charge in [-0.15, -0.1) is 11.3 Å². The maximum atomic E-state index is 12.6. The number of thiophene rings is 1. The first kappa shape index (κ1) is 21.1. The number of carbonyl (C=O) groups excluding carboxylic acids is 2. The van der Waals surface area contributed by atoms with E-state index in [1.54, 1.807) is 13.3 Å². The Morgan fingerprint density at radius 3 is 2.83 bits per heavy atom. The minimum atomic E-state index is -0.346. The number of rotatable bonds is 7. The molecule has 0 radical (unpaired) electrons. The highest BCUT2D eigenvalue weighted by Gasteiger charge is 2.28. The number of nitrogens with zero attached hydrogens (tertiary/aromatic N) is 3. The third kappa shape index (κ3) is 4.78. The third-order valence-corrected chi connectivity index (χ3v) is 7.45. The van der Waals surface area contributed by atoms with Gasteiger partial charge >= 0.3 is 5.97 Å². The van der Waals surface area contributed by atoms with Gasteiger partial charge in [-0.1, -0.05) is 11.8 Å². The Kier molecular flexibility index (Phi) is 6.89. The molecular weight excluding hydrogens is 420 g/mol. The molecule has 1 aliphatic heterocycles. The lowest BCUT2D eigenvalue weighted by molar-refractivity contribution is -0.113. The number of fused-ring (bicyclic) bond motifs is 1. The Balaban J connectivity index is 1.39. The summed E-state index contributed by atoms with van der Waals surface area (Å²) < 4.78 is 5.22. The molecule has 1 N–H and O–H groups in total. The molecule has 0 saturated carbocycles. The van der Waals surface area contributed by atoms with Crippen LogP contribution in [0.25, 0.3) is 0 Å². The van der Waals surface area contributed by atoms with Gasteiger partial charge in [0.1, 0.15) is 22.2 Å². The summed E-state index contributed by atoms with van der Waals surface area (Å²) >= 11 is 2.88. The van der Waals surface area contributed by atoms with Gasteiger partial charge in [0, 0.05) is 24.0 Å². The first-order chi connectivity index (χ1) is 14.7. The van der Waals surface area contributed by atoms with Crippen molar-refractivity contribution in [2.24, 2.45) is 0 Å². The minimum absolute atomic E-state index is 0.149. The highest BCUT2D eigenvalue weighted by atomic mass is 32.2. The van der Waals surface area contributed by atoms with Crippen LogP contribution in [0.4, 0.5) is 10.8 Å². The zero-order valence-corrected chi connectivity index (χ0v) is 18.7. The molecule has 0 bridgehead atoms. The molecule has 1 fully saturated rings. The van der Waals surface area contributed by atoms with E-state index < -0.39 is 0 Å². The molecule has 0 unspecified atom stereocenters. The fourth-order valence-electron chi connectivity index (χ4n) is 3.92. The second-order valence-corrected chi connectivity index (χ2v) is 9.48. The number of aryl methyl sites for hydroxylation is 1. The Morgan fingerprint density at radius 1 is 1.20 bits per heavy atom. The Hall–Kier alpha value is -2.13. The lowest BCUT2D eigenvalue weighted by Gasteiger charge is -2.27. The van der Waals surface area contributed by atoms with Crippen LogP contribution in [0.5, 0.6) is 0 Å². The number of esters is 1. The highest BCUT2D eigenvalue weighted by Crippen LogP contribution is 2.39. The van der Waals surface area contributed by atoms with E-state index >= 15 is 0 Å². The number of amides is 1. The van der Waals surface area contributed by atoms with Crippen molar-refractivity contribution in [3.8, 4) is 0 Å². The summed E-state index contributed by atoms with van der Waals surface area (Å²) in [5.74, 6) is 0.652. The Bertz CT molecular complexity index is 925. The molecule has 7 nitrogen and oxygen atoms in total. The molecule has 1 saturated heterocycles. The van der Waals surface area contributed by atoms with Crippen LogP contribution in [0.2, 0.25) is 0 Å². The predicted octanol–water partition coefficient (Wildman–Crippen LogP) is 3.92. The SMILES string of the molecule is CCOC(=O)c1c(NC(=O)CSc2cc(N3CCCCC3)ncn2)sc2c1CCC2. The first-order valence-electron chi connectivity index (χ1n) is 10.5. The number of anilines is 2. The summed E-state index contributed by atoms with van der Waals surface area (Å²) in [6.45, 7) is 4.14. The molecule has 1 amide bonds. The number of ether oxygens (including phenoxy) is 1. The number of aromatic nitrogens is 2. The van der Waals surface area contributed by atoms with E-state index in [9.17, 15) is 9.59 Å². The van der Waals surface area contributed by atoms with Gasteiger partial charge in [0.2, 0.25) is 5.91 Å². The van der Waals surface area contributed by atoms with Crippen molar-refractivity contribution in [3.63, 3.8) is 0 Å². The highest BCUT2D eigenvalue weighted by molar-refractivity contribution is 7.99. The second kappa shape index (κ2) is 9.78. The van der Waals surface area contributed by atoms with Crippen molar-refractivity contribution < 1.29 is 14.3 Å². The third-order valence-electron chi connectivity index (χ3n) is 5.31. The minimum Gasteiger partial charge on any atom is -0.462 e. The van der Waals surface area contributed by atoms with Gasteiger partial charge in [0.25, 0.3) is 0 Å². The van der Waals surface area contributed by atoms with Crippen LogP contribution in [0.3, 0.4) is 0 Å². The van der Waals surface area contributed by atoms with Crippen LogP contribution < -0.4 is 10.2 Å². The lowest BCUT2D eigenvalue weighted by atomic mass is 10.1. The molecular formula is C21H26N4O3S2. The fraction of sp³-hybridized carbons (Fsp3) is 0.524. The average Bonchev–Trinajstić information content (AvgIpc) is 3.34. The van der Waals surface area contributed by atoms with Gasteiger partial charge in [0.15, 0.2) is 0 Å². The van der Waals surface area contributed by atoms with Crippen molar-refractivity contribution in [2.75, 3.05) is 35.7 Å². The number of piperidine rings is 1. The largest absolute Gasteiger partial charge is 0.462 e. The zero-order chi connectivity index (χ0) is 20.9. The summed E-state index contributed by atoms with van der Waals surface area (Å²) in [6.07, 6.45) is 8.06. The summed E-state index contributed by atoms with van der Waals surface area (Å²) in [4.78, 5) is 37.2. The Labute approximate surface area is 184 Å². The normalized spacial score (nSPS) is 15.7. The number of thioether (sulfide) groups is 1. The molecule has 30 heavy (non-hydrogen) atoms. The van der Waals surface area contributed by atoms with Crippen LogP contribution in [-0.2, 0) is 22.4 Å². The average molecular weight is 447 g/mol. The van der Waals surface area contributed by atoms with Crippen LogP contribution >= 0.6 is 23.1 Å². The summed E-state index contributed by atoms with van der Waals surface area (Å²) in [5.41, 5.74) is 1.59. The smallest absolute Gasteiger partial charge is 0.341 e. The van der Waals surface area contributed by atoms with Crippen LogP contribution in [0, 0.1) is 0 Å². The molecule has 160 valence electrons. The summed E-state index contributed by atoms with van der Waals surface area (Å²) in [6, 6.07) is 1.95. The summed E-state index contributed by atoms with van der Waals surface area (Å²) in [5, 5.41) is 4.32. The van der Waals surface area contributed by atoms with Gasteiger partial charge in [0.05, 0.1) is 17.9 Å². The van der Waals surface area contributed by atoms with E-state index in [-0.39, 0.29) is 17.6 Å². The standard InChI is InChI=1S/C21H26N4O3S2/c1-2-28-21(27)19-14-7-6-8-15(14)30-20(19)24-17(26)12-29-18-11-16(22-13-23-18)25-9-4-3-5-10-25/h11,13H,2-10,12H2,1H3,(H,24,26). The van der Waals surface area contributed by atoms with Crippen molar-refractivity contribution in [2.45, 2.75) is 50.5 Å². The van der Waals surface area contributed by atoms with Crippen LogP contribution in [-0.4, -0.2) is 47.3 Å². The van der Waals surface area contributed by atoms with Gasteiger partial charge in [-0.3, -0.25) is 4.79 Å². The van der Waals surface area contributed by atoms with Crippen molar-refractivity contribution in [1.82, 2.24) is 9.97 Å². The van der Waals surface area contributed by atoms with E-state index in [4.69, 9.17) is 4.74 Å². The molecule has 1 aliphatic carbocycles. The zero-order valence-electron chi connectivity index (χ0n) is 17.1. The molecule has 0 atom stereocenters. The second-order valence-electron chi connectivity index (χ2n) is 7.38. The van der Waals surface area contributed by atoms with Crippen molar-refractivity contribution in [1.29, 1.82) is 0 Å². The maximum absolute atomic E-state index is 12.6. The topological polar surface area (TPSA) is 84.4 Å². The molecule has 4 rings (SSSR count). The van der Waals surface area contributed by atoms with Gasteiger partial charge < -0.3 is 15.0 Å². The van der Waals surface area contributed by atoms with E-state index in [1.807, 2.05) is 6.07 Å². The lowest BCUT2D eigenvalue weighted by Crippen LogP contribution is -2.30. The number of hydrogen-bond donors (Lipinski definition) is 1. The molecule has 0 aromatic carbocycles. The van der Waals surface area contributed by atoms with Crippen molar-refractivity contribution in [3.05, 3.63) is 28.4 Å². The molecule has 2 aromatic rings. The monoisotopic (exact) mass is 446 g/mol. The number of hydrogen-bond acceptors (Lipinski definition) is 8. The van der Waals surface area contributed by atoms with Gasteiger partial charge in [-0.25, -0.2) is 14.8 Å². The fourth-order valence-corrected chi connectivity index (χ4v) is 5.87. The van der Waals surface area contributed by atoms with Gasteiger partial charge in [-0.2, -0.15) is 0 Å². The van der Waals surface area contributed by atoms with Crippen LogP contribution in [0.1, 0.15) is 53.4 Å². The quantitative estimate of drug-likeness (QED) is 0.392. The Morgan fingerprint density at radius 2 is 2.03 bits per heavy atom. The maximum Gasteiger partial charge on any atom is 0.341 e. The van der Waals surface area contributed by atoms with Crippen LogP contribution in [0.15, 0.2) is 17.4 Å². The van der Waals surface area contributed by atoms with E-state index in [2.05, 4.69) is 20.2 Å². The molecule has 3 heterocycles. The van der Waals surface area contributed by atoms with E-state index in [1.165, 1.54) is 47.2 Å². The van der Waals surface area contributed by atoms with E-state index in [0.717, 1.165) is 48.8 Å². The molecule has 2 aliphatic rings. The molecule has 9 heteroatoms. The van der Waals surface area contributed by atoms with E-state index in [0.29, 0.717) is 17.2 Å². The molecule has 2 aromatic heterocycles. The van der Waals surface area contributed by atoms with Crippen molar-refractivity contribution >= 4 is 45.8 Å². The predicted molar refractivity (Wildman–Crippen MR) is 120 cm³/mol. The van der Waals surface area contributed by atoms with Gasteiger partial charge in [-0.05, 0) is 51.0 Å². The first-order valence-corrected chi connectivity index (χ1v) is 12.3. The number of carbonyl (C=O) groups is 2. The number of nitrogens with one attached hydrogen (secondary N) is 1. The molecule has 0 spiro atoms. The summed E-state index contributed by atoms with van der Waals surface area (Å²) in [7, 11) is 0.